The van der Waals surface area contributed by atoms with E-state index in [0.29, 0.717) is 14.6 Å². The Kier molecular flexibility index (Phi) is 18.3. The topological polar surface area (TPSA) is 60.2 Å². The van der Waals surface area contributed by atoms with Gasteiger partial charge in [-0.05, 0) is 107 Å². The number of nitrogen functional groups attached to an aromatic ring is 1. The SMILES string of the molecule is CC(C)(C)C(=O)c1ccc(Br)cc1F.CC(C)(C)Cc1ccc(Br)cc1F.CC(C)(C)Cc1ccc(N)cc1F.O=C(Cl)c1ccc(Br)cc1F. The zero-order chi connectivity index (χ0) is 39.5. The molecule has 0 saturated heterocycles. The van der Waals surface area contributed by atoms with Crippen molar-refractivity contribution in [3.05, 3.63) is 132 Å². The van der Waals surface area contributed by atoms with Crippen LogP contribution in [0.2, 0.25) is 0 Å². The molecule has 51 heavy (non-hydrogen) atoms. The van der Waals surface area contributed by atoms with Crippen molar-refractivity contribution in [3.63, 3.8) is 0 Å². The molecule has 0 spiro atoms. The minimum Gasteiger partial charge on any atom is -0.399 e. The summed E-state index contributed by atoms with van der Waals surface area (Å²) in [6.07, 6.45) is 1.51. The molecule has 0 aromatic heterocycles. The number of benzene rings is 4. The summed E-state index contributed by atoms with van der Waals surface area (Å²) in [5.41, 5.74) is 7.20. The van der Waals surface area contributed by atoms with Crippen molar-refractivity contribution < 1.29 is 27.2 Å². The summed E-state index contributed by atoms with van der Waals surface area (Å²) in [5.74, 6) is -1.58. The molecule has 2 N–H and O–H groups in total. The maximum absolute atomic E-state index is 13.4. The van der Waals surface area contributed by atoms with Crippen molar-refractivity contribution in [2.75, 3.05) is 5.73 Å². The second-order valence-electron chi connectivity index (χ2n) is 15.2. The molecule has 11 heteroatoms. The van der Waals surface area contributed by atoms with Crippen LogP contribution in [0.3, 0.4) is 0 Å². The molecular formula is C40H45Br3ClF4NO2. The van der Waals surface area contributed by atoms with E-state index in [-0.39, 0.29) is 39.4 Å². The maximum Gasteiger partial charge on any atom is 0.255 e. The van der Waals surface area contributed by atoms with Gasteiger partial charge in [-0.25, -0.2) is 17.6 Å². The smallest absolute Gasteiger partial charge is 0.255 e. The van der Waals surface area contributed by atoms with E-state index in [2.05, 4.69) is 89.3 Å². The molecule has 0 aliphatic carbocycles. The van der Waals surface area contributed by atoms with Gasteiger partial charge in [0, 0.05) is 24.5 Å². The maximum atomic E-state index is 13.4. The quantitative estimate of drug-likeness (QED) is 0.0960. The minimum absolute atomic E-state index is 0.102. The predicted molar refractivity (Wildman–Crippen MR) is 213 cm³/mol. The number of nitrogens with two attached hydrogens (primary N) is 1. The highest BCUT2D eigenvalue weighted by molar-refractivity contribution is 9.11. The lowest BCUT2D eigenvalue weighted by Gasteiger charge is -2.18. The Bertz CT molecular complexity index is 1730. The van der Waals surface area contributed by atoms with Gasteiger partial charge in [0.25, 0.3) is 5.24 Å². The first kappa shape index (κ1) is 46.5. The van der Waals surface area contributed by atoms with Crippen molar-refractivity contribution in [2.45, 2.75) is 75.2 Å². The number of carbonyl (C=O) groups excluding carboxylic acids is 2. The van der Waals surface area contributed by atoms with Crippen LogP contribution < -0.4 is 5.73 Å². The van der Waals surface area contributed by atoms with Gasteiger partial charge in [0.2, 0.25) is 0 Å². The molecule has 0 saturated carbocycles. The molecule has 0 amide bonds. The predicted octanol–water partition coefficient (Wildman–Crippen LogP) is 14.0. The van der Waals surface area contributed by atoms with Crippen molar-refractivity contribution in [2.24, 2.45) is 16.2 Å². The zero-order valence-electron chi connectivity index (χ0n) is 30.3. The van der Waals surface area contributed by atoms with Gasteiger partial charge in [-0.1, -0.05) is 122 Å². The lowest BCUT2D eigenvalue weighted by Crippen LogP contribution is -2.21. The van der Waals surface area contributed by atoms with Crippen LogP contribution in [0.5, 0.6) is 0 Å². The molecule has 0 heterocycles. The third kappa shape index (κ3) is 18.2. The van der Waals surface area contributed by atoms with Gasteiger partial charge in [-0.2, -0.15) is 0 Å². The summed E-state index contributed by atoms with van der Waals surface area (Å²) < 4.78 is 54.8. The van der Waals surface area contributed by atoms with Crippen LogP contribution in [0.4, 0.5) is 23.2 Å². The van der Waals surface area contributed by atoms with E-state index >= 15 is 0 Å². The molecule has 4 aromatic rings. The average Bonchev–Trinajstić information content (AvgIpc) is 2.95. The van der Waals surface area contributed by atoms with Gasteiger partial charge in [-0.15, -0.1) is 0 Å². The Morgan fingerprint density at radius 3 is 1.25 bits per heavy atom. The van der Waals surface area contributed by atoms with E-state index < -0.39 is 22.3 Å². The van der Waals surface area contributed by atoms with Crippen molar-refractivity contribution >= 4 is 76.1 Å². The third-order valence-corrected chi connectivity index (χ3v) is 8.22. The lowest BCUT2D eigenvalue weighted by atomic mass is 9.86. The van der Waals surface area contributed by atoms with E-state index in [4.69, 9.17) is 17.3 Å². The number of ketones is 1. The van der Waals surface area contributed by atoms with Gasteiger partial charge >= 0.3 is 0 Å². The number of hydrogen-bond acceptors (Lipinski definition) is 3. The number of hydrogen-bond donors (Lipinski definition) is 1. The van der Waals surface area contributed by atoms with Gasteiger partial charge in [-0.3, -0.25) is 9.59 Å². The highest BCUT2D eigenvalue weighted by atomic mass is 79.9. The lowest BCUT2D eigenvalue weighted by molar-refractivity contribution is 0.0853. The molecule has 0 radical (unpaired) electrons. The fourth-order valence-corrected chi connectivity index (χ4v) is 5.39. The molecule has 278 valence electrons. The van der Waals surface area contributed by atoms with Crippen LogP contribution in [0.15, 0.2) is 86.2 Å². The number of rotatable bonds is 4. The van der Waals surface area contributed by atoms with E-state index in [0.717, 1.165) is 28.4 Å². The molecule has 4 rings (SSSR count). The van der Waals surface area contributed by atoms with E-state index in [1.54, 1.807) is 45.0 Å². The minimum atomic E-state index is -0.782. The van der Waals surface area contributed by atoms with Crippen LogP contribution >= 0.6 is 59.4 Å². The normalized spacial score (nSPS) is 11.2. The fraction of sp³-hybridized carbons (Fsp3) is 0.350. The van der Waals surface area contributed by atoms with Crippen molar-refractivity contribution in [1.29, 1.82) is 0 Å². The molecule has 0 atom stereocenters. The fourth-order valence-electron chi connectivity index (χ4n) is 4.24. The molecular weight excluding hydrogens is 878 g/mol. The monoisotopic (exact) mass is 919 g/mol. The van der Waals surface area contributed by atoms with Gasteiger partial charge in [0.15, 0.2) is 5.78 Å². The van der Waals surface area contributed by atoms with Crippen molar-refractivity contribution in [1.82, 2.24) is 0 Å². The first-order chi connectivity index (χ1) is 23.2. The van der Waals surface area contributed by atoms with Gasteiger partial charge < -0.3 is 5.73 Å². The Morgan fingerprint density at radius 2 is 0.922 bits per heavy atom. The Morgan fingerprint density at radius 1 is 0.569 bits per heavy atom. The number of Topliss-reactive ketones (excluding diaryl/α,β-unsaturated/α-hetero) is 1. The number of anilines is 1. The summed E-state index contributed by atoms with van der Waals surface area (Å²) in [6, 6.07) is 18.7. The molecule has 0 fully saturated rings. The standard InChI is InChI=1S/C11H12BrFO.C11H14BrF.C11H16FN.C7H3BrClFO/c1-11(2,3)10(14)8-5-4-7(12)6-9(8)13;1-11(2,3)7-8-4-5-9(12)6-10(8)13;1-11(2,3)7-8-4-5-9(13)6-10(8)12;8-4-1-2-5(7(9)11)6(10)3-4/h4-6H,1-3H3;4-6H,7H2,1-3H3;4-6H,7,13H2,1-3H3;1-3H. The van der Waals surface area contributed by atoms with Crippen LogP contribution in [0, 0.1) is 39.5 Å². The Balaban J connectivity index is 0.000000341. The molecule has 0 unspecified atom stereocenters. The zero-order valence-corrected chi connectivity index (χ0v) is 35.8. The summed E-state index contributed by atoms with van der Waals surface area (Å²) in [4.78, 5) is 22.2. The molecule has 4 aromatic carbocycles. The summed E-state index contributed by atoms with van der Waals surface area (Å²) in [6.45, 7) is 17.9. The van der Waals surface area contributed by atoms with Crippen molar-refractivity contribution in [3.8, 4) is 0 Å². The summed E-state index contributed by atoms with van der Waals surface area (Å²) in [5, 5.41) is -0.782. The van der Waals surface area contributed by atoms with E-state index in [1.165, 1.54) is 36.4 Å². The first-order valence-electron chi connectivity index (χ1n) is 15.8. The van der Waals surface area contributed by atoms with Crippen LogP contribution in [-0.2, 0) is 12.8 Å². The Labute approximate surface area is 330 Å². The molecule has 3 nitrogen and oxygen atoms in total. The molecule has 0 aliphatic rings. The highest BCUT2D eigenvalue weighted by Crippen LogP contribution is 2.26. The first-order valence-corrected chi connectivity index (χ1v) is 18.6. The Hall–Kier alpha value is -2.53. The molecule has 0 bridgehead atoms. The van der Waals surface area contributed by atoms with Crippen LogP contribution in [0.25, 0.3) is 0 Å². The third-order valence-electron chi connectivity index (χ3n) is 6.53. The summed E-state index contributed by atoms with van der Waals surface area (Å²) >= 11 is 14.5. The second-order valence-corrected chi connectivity index (χ2v) is 18.3. The number of halogens is 8. The van der Waals surface area contributed by atoms with Crippen LogP contribution in [-0.4, -0.2) is 11.0 Å². The highest BCUT2D eigenvalue weighted by Gasteiger charge is 2.25. The number of carbonyl (C=O) groups is 2. The average molecular weight is 923 g/mol. The van der Waals surface area contributed by atoms with E-state index in [1.807, 2.05) is 12.1 Å². The molecule has 0 aliphatic heterocycles. The largest absolute Gasteiger partial charge is 0.399 e. The van der Waals surface area contributed by atoms with Crippen LogP contribution in [0.1, 0.15) is 94.2 Å². The van der Waals surface area contributed by atoms with Gasteiger partial charge in [0.1, 0.15) is 23.3 Å². The summed E-state index contributed by atoms with van der Waals surface area (Å²) in [7, 11) is 0. The second kappa shape index (κ2) is 20.1. The van der Waals surface area contributed by atoms with Gasteiger partial charge in [0.05, 0.1) is 11.1 Å². The van der Waals surface area contributed by atoms with E-state index in [9.17, 15) is 27.2 Å².